The fraction of sp³-hybridized carbons (Fsp3) is 0.357. The van der Waals surface area contributed by atoms with Crippen LogP contribution in [0, 0.1) is 20.8 Å². The zero-order chi connectivity index (χ0) is 13.9. The van der Waals surface area contributed by atoms with Crippen LogP contribution in [0.2, 0.25) is 0 Å². The van der Waals surface area contributed by atoms with Crippen LogP contribution in [0.25, 0.3) is 0 Å². The smallest absolute Gasteiger partial charge is 0.303 e. The quantitative estimate of drug-likeness (QED) is 0.640. The summed E-state index contributed by atoms with van der Waals surface area (Å²) in [4.78, 5) is 33.8. The van der Waals surface area contributed by atoms with E-state index in [1.165, 1.54) is 0 Å². The molecular formula is C14H16O4. The molecule has 0 aromatic heterocycles. The Hall–Kier alpha value is -1.97. The molecule has 4 heteroatoms. The van der Waals surface area contributed by atoms with Gasteiger partial charge in [-0.05, 0) is 37.5 Å². The Kier molecular flexibility index (Phi) is 4.37. The molecule has 0 heterocycles. The summed E-state index contributed by atoms with van der Waals surface area (Å²) >= 11 is 0. The van der Waals surface area contributed by atoms with E-state index in [9.17, 15) is 14.4 Å². The molecule has 0 atom stereocenters. The van der Waals surface area contributed by atoms with Crippen molar-refractivity contribution in [3.63, 3.8) is 0 Å². The number of carboxylic acid groups (broad SMARTS) is 1. The van der Waals surface area contributed by atoms with Crippen LogP contribution in [0.5, 0.6) is 0 Å². The number of carboxylic acids is 1. The number of carbonyl (C=O) groups excluding carboxylic acids is 2. The van der Waals surface area contributed by atoms with Crippen LogP contribution in [0.1, 0.15) is 39.9 Å². The van der Waals surface area contributed by atoms with Crippen LogP contribution in [0.3, 0.4) is 0 Å². The van der Waals surface area contributed by atoms with Gasteiger partial charge in [0, 0.05) is 12.0 Å². The van der Waals surface area contributed by atoms with E-state index in [0.717, 1.165) is 16.7 Å². The van der Waals surface area contributed by atoms with Gasteiger partial charge >= 0.3 is 5.97 Å². The third-order valence-corrected chi connectivity index (χ3v) is 3.12. The maximum Gasteiger partial charge on any atom is 0.303 e. The van der Waals surface area contributed by atoms with Crippen LogP contribution in [0.15, 0.2) is 12.1 Å². The zero-order valence-corrected chi connectivity index (χ0v) is 10.7. The molecule has 1 aromatic carbocycles. The molecule has 0 bridgehead atoms. The first-order valence-corrected chi connectivity index (χ1v) is 5.70. The van der Waals surface area contributed by atoms with Crippen molar-refractivity contribution in [1.82, 2.24) is 0 Å². The third kappa shape index (κ3) is 3.03. The second kappa shape index (κ2) is 5.58. The average molecular weight is 248 g/mol. The van der Waals surface area contributed by atoms with E-state index in [1.54, 1.807) is 19.1 Å². The van der Waals surface area contributed by atoms with E-state index < -0.39 is 17.5 Å². The van der Waals surface area contributed by atoms with E-state index >= 15 is 0 Å². The molecule has 0 aliphatic carbocycles. The van der Waals surface area contributed by atoms with Crippen molar-refractivity contribution >= 4 is 17.5 Å². The molecule has 0 saturated heterocycles. The van der Waals surface area contributed by atoms with Gasteiger partial charge in [0.2, 0.25) is 11.6 Å². The van der Waals surface area contributed by atoms with Crippen molar-refractivity contribution in [2.75, 3.05) is 0 Å². The molecule has 0 saturated carbocycles. The first-order valence-electron chi connectivity index (χ1n) is 5.70. The molecule has 1 aromatic rings. The van der Waals surface area contributed by atoms with Gasteiger partial charge in [-0.15, -0.1) is 0 Å². The molecule has 1 rings (SSSR count). The average Bonchev–Trinajstić information content (AvgIpc) is 2.32. The maximum atomic E-state index is 11.9. The Balaban J connectivity index is 2.94. The van der Waals surface area contributed by atoms with Crippen LogP contribution >= 0.6 is 0 Å². The lowest BCUT2D eigenvalue weighted by Gasteiger charge is -2.09. The second-order valence-corrected chi connectivity index (χ2v) is 4.33. The second-order valence-electron chi connectivity index (χ2n) is 4.33. The number of rotatable bonds is 5. The topological polar surface area (TPSA) is 71.4 Å². The Morgan fingerprint density at radius 1 is 1.00 bits per heavy atom. The van der Waals surface area contributed by atoms with Crippen molar-refractivity contribution in [3.8, 4) is 0 Å². The minimum atomic E-state index is -1.08. The zero-order valence-electron chi connectivity index (χ0n) is 10.7. The summed E-state index contributed by atoms with van der Waals surface area (Å²) in [5.41, 5.74) is 3.19. The number of hydrogen-bond acceptors (Lipinski definition) is 3. The molecule has 0 amide bonds. The molecule has 0 aliphatic heterocycles. The van der Waals surface area contributed by atoms with Crippen molar-refractivity contribution in [2.24, 2.45) is 0 Å². The van der Waals surface area contributed by atoms with E-state index in [1.807, 2.05) is 13.8 Å². The van der Waals surface area contributed by atoms with Gasteiger partial charge in [-0.25, -0.2) is 0 Å². The van der Waals surface area contributed by atoms with E-state index in [4.69, 9.17) is 5.11 Å². The number of ketones is 2. The van der Waals surface area contributed by atoms with Gasteiger partial charge in [-0.1, -0.05) is 12.1 Å². The van der Waals surface area contributed by atoms with Crippen LogP contribution in [0.4, 0.5) is 0 Å². The molecule has 0 spiro atoms. The Morgan fingerprint density at radius 3 is 2.17 bits per heavy atom. The van der Waals surface area contributed by atoms with Gasteiger partial charge in [-0.3, -0.25) is 14.4 Å². The van der Waals surface area contributed by atoms with Gasteiger partial charge < -0.3 is 5.11 Å². The largest absolute Gasteiger partial charge is 0.481 e. The molecule has 18 heavy (non-hydrogen) atoms. The number of carbonyl (C=O) groups is 3. The summed E-state index contributed by atoms with van der Waals surface area (Å²) in [5, 5.41) is 8.49. The summed E-state index contributed by atoms with van der Waals surface area (Å²) < 4.78 is 0. The normalized spacial score (nSPS) is 10.2. The third-order valence-electron chi connectivity index (χ3n) is 3.12. The van der Waals surface area contributed by atoms with Crippen molar-refractivity contribution in [3.05, 3.63) is 34.4 Å². The summed E-state index contributed by atoms with van der Waals surface area (Å²) in [6.45, 7) is 5.62. The van der Waals surface area contributed by atoms with E-state index in [0.29, 0.717) is 5.56 Å². The molecule has 4 nitrogen and oxygen atoms in total. The lowest BCUT2D eigenvalue weighted by Crippen LogP contribution is -2.17. The number of hydrogen-bond donors (Lipinski definition) is 1. The van der Waals surface area contributed by atoms with Gasteiger partial charge in [0.05, 0.1) is 6.42 Å². The first-order chi connectivity index (χ1) is 8.34. The Bertz CT molecular complexity index is 515. The van der Waals surface area contributed by atoms with Gasteiger partial charge in [0.25, 0.3) is 0 Å². The number of Topliss-reactive ketones (excluding diaryl/α,β-unsaturated/α-hetero) is 2. The maximum absolute atomic E-state index is 11.9. The van der Waals surface area contributed by atoms with Gasteiger partial charge in [0.1, 0.15) is 0 Å². The molecule has 0 fully saturated rings. The predicted octanol–water partition coefficient (Wildman–Crippen LogP) is 2.23. The summed E-state index contributed by atoms with van der Waals surface area (Å²) in [6.07, 6.45) is -0.561. The standard InChI is InChI=1S/C14H16O4/c1-8-4-5-11(10(3)9(8)2)14(18)12(15)6-7-13(16)17/h4-5H,6-7H2,1-3H3,(H,16,17). The minimum absolute atomic E-state index is 0.249. The molecular weight excluding hydrogens is 232 g/mol. The first kappa shape index (κ1) is 14.1. The highest BCUT2D eigenvalue weighted by Gasteiger charge is 2.19. The Morgan fingerprint density at radius 2 is 1.61 bits per heavy atom. The highest BCUT2D eigenvalue weighted by atomic mass is 16.4. The highest BCUT2D eigenvalue weighted by molar-refractivity contribution is 6.44. The van der Waals surface area contributed by atoms with Crippen molar-refractivity contribution < 1.29 is 19.5 Å². The summed E-state index contributed by atoms with van der Waals surface area (Å²) in [6, 6.07) is 3.42. The minimum Gasteiger partial charge on any atom is -0.481 e. The SMILES string of the molecule is Cc1ccc(C(=O)C(=O)CCC(=O)O)c(C)c1C. The number of aliphatic carboxylic acids is 1. The van der Waals surface area contributed by atoms with Crippen LogP contribution in [-0.2, 0) is 9.59 Å². The number of aryl methyl sites for hydroxylation is 1. The van der Waals surface area contributed by atoms with Crippen molar-refractivity contribution in [1.29, 1.82) is 0 Å². The molecule has 0 radical (unpaired) electrons. The van der Waals surface area contributed by atoms with Crippen LogP contribution < -0.4 is 0 Å². The van der Waals surface area contributed by atoms with E-state index in [-0.39, 0.29) is 12.8 Å². The molecule has 1 N–H and O–H groups in total. The van der Waals surface area contributed by atoms with E-state index in [2.05, 4.69) is 0 Å². The highest BCUT2D eigenvalue weighted by Crippen LogP contribution is 2.18. The van der Waals surface area contributed by atoms with Crippen LogP contribution in [-0.4, -0.2) is 22.6 Å². The van der Waals surface area contributed by atoms with Gasteiger partial charge in [-0.2, -0.15) is 0 Å². The fourth-order valence-corrected chi connectivity index (χ4v) is 1.69. The number of benzene rings is 1. The fourth-order valence-electron chi connectivity index (χ4n) is 1.69. The molecule has 0 unspecified atom stereocenters. The van der Waals surface area contributed by atoms with Crippen molar-refractivity contribution in [2.45, 2.75) is 33.6 Å². The Labute approximate surface area is 106 Å². The lowest BCUT2D eigenvalue weighted by atomic mass is 9.94. The molecule has 96 valence electrons. The lowest BCUT2D eigenvalue weighted by molar-refractivity contribution is -0.138. The summed E-state index contributed by atoms with van der Waals surface area (Å²) in [5.74, 6) is -2.33. The monoisotopic (exact) mass is 248 g/mol. The molecule has 0 aliphatic rings. The summed E-state index contributed by atoms with van der Waals surface area (Å²) in [7, 11) is 0. The predicted molar refractivity (Wildman–Crippen MR) is 66.9 cm³/mol. The van der Waals surface area contributed by atoms with Gasteiger partial charge in [0.15, 0.2) is 0 Å².